The molecule has 0 aromatic heterocycles. The minimum absolute atomic E-state index is 0.400. The van der Waals surface area contributed by atoms with Gasteiger partial charge in [-0.05, 0) is 31.2 Å². The van der Waals surface area contributed by atoms with Gasteiger partial charge in [-0.1, -0.05) is 0 Å². The van der Waals surface area contributed by atoms with Gasteiger partial charge in [0.25, 0.3) is 0 Å². The number of hydrogen-bond donors (Lipinski definition) is 1. The summed E-state index contributed by atoms with van der Waals surface area (Å²) in [5.41, 5.74) is -0.672. The highest BCUT2D eigenvalue weighted by Crippen LogP contribution is 2.30. The molecule has 108 valence electrons. The summed E-state index contributed by atoms with van der Waals surface area (Å²) in [4.78, 5) is 0. The average Bonchev–Trinajstić information content (AvgIpc) is 2.37. The van der Waals surface area contributed by atoms with E-state index in [2.05, 4.69) is 5.32 Å². The van der Waals surface area contributed by atoms with Gasteiger partial charge in [0.2, 0.25) is 0 Å². The molecule has 0 saturated carbocycles. The van der Waals surface area contributed by atoms with Gasteiger partial charge in [0.1, 0.15) is 12.4 Å². The van der Waals surface area contributed by atoms with Crippen molar-refractivity contribution in [2.75, 3.05) is 32.9 Å². The van der Waals surface area contributed by atoms with Crippen molar-refractivity contribution in [2.45, 2.75) is 13.1 Å². The number of hydrogen-bond acceptors (Lipinski definition) is 3. The summed E-state index contributed by atoms with van der Waals surface area (Å²) in [6.45, 7) is 4.99. The Balaban J connectivity index is 2.20. The molecule has 0 bridgehead atoms. The number of rotatable bonds is 8. The number of halogens is 3. The summed E-state index contributed by atoms with van der Waals surface area (Å²) in [6.07, 6.45) is -4.31. The van der Waals surface area contributed by atoms with Crippen molar-refractivity contribution in [3.63, 3.8) is 0 Å². The zero-order valence-corrected chi connectivity index (χ0v) is 10.8. The molecule has 0 fully saturated rings. The van der Waals surface area contributed by atoms with Crippen LogP contribution in [0.2, 0.25) is 0 Å². The quantitative estimate of drug-likeness (QED) is 0.741. The van der Waals surface area contributed by atoms with Crippen LogP contribution in [0.15, 0.2) is 24.3 Å². The van der Waals surface area contributed by atoms with Crippen molar-refractivity contribution in [1.29, 1.82) is 0 Å². The van der Waals surface area contributed by atoms with Crippen molar-refractivity contribution >= 4 is 0 Å². The molecule has 0 spiro atoms. The Hall–Kier alpha value is -1.27. The Labute approximate surface area is 110 Å². The van der Waals surface area contributed by atoms with Crippen LogP contribution >= 0.6 is 0 Å². The molecule has 0 radical (unpaired) electrons. The van der Waals surface area contributed by atoms with Crippen LogP contribution in [0.5, 0.6) is 5.75 Å². The molecule has 0 amide bonds. The lowest BCUT2D eigenvalue weighted by atomic mass is 10.2. The normalized spacial score (nSPS) is 11.6. The molecule has 0 aliphatic rings. The Kier molecular flexibility index (Phi) is 6.66. The Morgan fingerprint density at radius 1 is 1.05 bits per heavy atom. The highest BCUT2D eigenvalue weighted by Gasteiger charge is 2.29. The maximum atomic E-state index is 12.3. The summed E-state index contributed by atoms with van der Waals surface area (Å²) < 4.78 is 47.4. The first-order chi connectivity index (χ1) is 9.04. The minimum Gasteiger partial charge on any atom is -0.492 e. The highest BCUT2D eigenvalue weighted by atomic mass is 19.4. The third-order valence-electron chi connectivity index (χ3n) is 2.36. The first-order valence-electron chi connectivity index (χ1n) is 6.12. The second kappa shape index (κ2) is 8.01. The smallest absolute Gasteiger partial charge is 0.416 e. The van der Waals surface area contributed by atoms with Crippen molar-refractivity contribution in [1.82, 2.24) is 5.32 Å². The van der Waals surface area contributed by atoms with Crippen molar-refractivity contribution in [2.24, 2.45) is 0 Å². The second-order valence-corrected chi connectivity index (χ2v) is 3.82. The Morgan fingerprint density at radius 2 is 1.68 bits per heavy atom. The number of benzene rings is 1. The molecular weight excluding hydrogens is 259 g/mol. The number of nitrogens with one attached hydrogen (secondary N) is 1. The van der Waals surface area contributed by atoms with Gasteiger partial charge in [-0.3, -0.25) is 0 Å². The molecule has 6 heteroatoms. The minimum atomic E-state index is -4.31. The number of ether oxygens (including phenoxy) is 2. The fraction of sp³-hybridized carbons (Fsp3) is 0.538. The van der Waals surface area contributed by atoms with Crippen LogP contribution in [0.25, 0.3) is 0 Å². The van der Waals surface area contributed by atoms with E-state index in [-0.39, 0.29) is 0 Å². The highest BCUT2D eigenvalue weighted by molar-refractivity contribution is 5.28. The van der Waals surface area contributed by atoms with Gasteiger partial charge < -0.3 is 14.8 Å². The summed E-state index contributed by atoms with van der Waals surface area (Å²) in [6, 6.07) is 4.67. The predicted molar refractivity (Wildman–Crippen MR) is 66.3 cm³/mol. The van der Waals surface area contributed by atoms with E-state index >= 15 is 0 Å². The fourth-order valence-corrected chi connectivity index (χ4v) is 1.39. The lowest BCUT2D eigenvalue weighted by molar-refractivity contribution is -0.137. The maximum Gasteiger partial charge on any atom is 0.416 e. The summed E-state index contributed by atoms with van der Waals surface area (Å²) in [5, 5.41) is 3.10. The first-order valence-corrected chi connectivity index (χ1v) is 6.12. The van der Waals surface area contributed by atoms with Gasteiger partial charge in [-0.2, -0.15) is 13.2 Å². The van der Waals surface area contributed by atoms with E-state index in [1.807, 2.05) is 6.92 Å². The van der Waals surface area contributed by atoms with Gasteiger partial charge >= 0.3 is 6.18 Å². The second-order valence-electron chi connectivity index (χ2n) is 3.82. The summed E-state index contributed by atoms with van der Waals surface area (Å²) >= 11 is 0. The topological polar surface area (TPSA) is 30.5 Å². The molecule has 19 heavy (non-hydrogen) atoms. The van der Waals surface area contributed by atoms with E-state index in [1.54, 1.807) is 0 Å². The zero-order valence-electron chi connectivity index (χ0n) is 10.8. The van der Waals surface area contributed by atoms with Crippen LogP contribution in [-0.4, -0.2) is 32.9 Å². The molecule has 1 N–H and O–H groups in total. The molecule has 1 aromatic carbocycles. The van der Waals surface area contributed by atoms with Crippen LogP contribution in [0.1, 0.15) is 12.5 Å². The molecular formula is C13H18F3NO2. The molecule has 3 nitrogen and oxygen atoms in total. The third kappa shape index (κ3) is 6.45. The molecule has 0 aliphatic heterocycles. The van der Waals surface area contributed by atoms with Gasteiger partial charge in [0.05, 0.1) is 12.2 Å². The molecule has 0 unspecified atom stereocenters. The molecule has 0 heterocycles. The summed E-state index contributed by atoms with van der Waals surface area (Å²) in [5.74, 6) is 0.430. The largest absolute Gasteiger partial charge is 0.492 e. The van der Waals surface area contributed by atoms with E-state index in [4.69, 9.17) is 9.47 Å². The van der Waals surface area contributed by atoms with Gasteiger partial charge in [0.15, 0.2) is 0 Å². The predicted octanol–water partition coefficient (Wildman–Crippen LogP) is 2.71. The van der Waals surface area contributed by atoms with Gasteiger partial charge in [-0.15, -0.1) is 0 Å². The van der Waals surface area contributed by atoms with Crippen LogP contribution in [0.3, 0.4) is 0 Å². The molecule has 0 atom stereocenters. The van der Waals surface area contributed by atoms with E-state index in [1.165, 1.54) is 12.1 Å². The molecule has 0 aliphatic carbocycles. The van der Waals surface area contributed by atoms with Crippen LogP contribution in [-0.2, 0) is 10.9 Å². The van der Waals surface area contributed by atoms with E-state index in [9.17, 15) is 13.2 Å². The average molecular weight is 277 g/mol. The van der Waals surface area contributed by atoms with Crippen molar-refractivity contribution in [3.8, 4) is 5.75 Å². The molecule has 1 aromatic rings. The lowest BCUT2D eigenvalue weighted by Crippen LogP contribution is -2.25. The third-order valence-corrected chi connectivity index (χ3v) is 2.36. The Bertz CT molecular complexity index is 352. The van der Waals surface area contributed by atoms with Gasteiger partial charge in [0, 0.05) is 19.7 Å². The summed E-state index contributed by atoms with van der Waals surface area (Å²) in [7, 11) is 0. The molecule has 0 saturated heterocycles. The van der Waals surface area contributed by atoms with E-state index in [0.29, 0.717) is 32.1 Å². The number of alkyl halides is 3. The first kappa shape index (κ1) is 15.8. The monoisotopic (exact) mass is 277 g/mol. The maximum absolute atomic E-state index is 12.3. The lowest BCUT2D eigenvalue weighted by Gasteiger charge is -2.09. The SMILES string of the molecule is CCOCCNCCOc1ccc(C(F)(F)F)cc1. The molecule has 1 rings (SSSR count). The van der Waals surface area contributed by atoms with Crippen molar-refractivity contribution in [3.05, 3.63) is 29.8 Å². The van der Waals surface area contributed by atoms with Crippen LogP contribution in [0.4, 0.5) is 13.2 Å². The Morgan fingerprint density at radius 3 is 2.26 bits per heavy atom. The fourth-order valence-electron chi connectivity index (χ4n) is 1.39. The van der Waals surface area contributed by atoms with E-state index < -0.39 is 11.7 Å². The van der Waals surface area contributed by atoms with E-state index in [0.717, 1.165) is 18.7 Å². The van der Waals surface area contributed by atoms with Crippen molar-refractivity contribution < 1.29 is 22.6 Å². The standard InChI is InChI=1S/C13H18F3NO2/c1-2-18-9-7-17-8-10-19-12-5-3-11(4-6-12)13(14,15)16/h3-6,17H,2,7-10H2,1H3. The van der Waals surface area contributed by atoms with Crippen LogP contribution in [0, 0.1) is 0 Å². The van der Waals surface area contributed by atoms with Crippen LogP contribution < -0.4 is 10.1 Å². The van der Waals surface area contributed by atoms with Gasteiger partial charge in [-0.25, -0.2) is 0 Å². The zero-order chi connectivity index (χ0) is 14.1.